The van der Waals surface area contributed by atoms with Gasteiger partial charge in [0.15, 0.2) is 6.29 Å². The van der Waals surface area contributed by atoms with Crippen LogP contribution in [0.25, 0.3) is 0 Å². The highest BCUT2D eigenvalue weighted by molar-refractivity contribution is 5.74. The Morgan fingerprint density at radius 1 is 1.62 bits per heavy atom. The highest BCUT2D eigenvalue weighted by Gasteiger charge is 2.48. The van der Waals surface area contributed by atoms with Gasteiger partial charge < -0.3 is 24.1 Å². The van der Waals surface area contributed by atoms with E-state index in [-0.39, 0.29) is 5.92 Å². The Labute approximate surface area is 76.6 Å². The van der Waals surface area contributed by atoms with E-state index >= 15 is 0 Å². The fourth-order valence-corrected chi connectivity index (χ4v) is 1.53. The van der Waals surface area contributed by atoms with Gasteiger partial charge in [0, 0.05) is 26.6 Å². The molecule has 0 aromatic rings. The number of methoxy groups -OCH3 is 2. The molecule has 1 saturated heterocycles. The summed E-state index contributed by atoms with van der Waals surface area (Å²) in [6.07, 6.45) is -0.0500. The van der Waals surface area contributed by atoms with Crippen LogP contribution in [0.15, 0.2) is 0 Å². The molecule has 5 nitrogen and oxygen atoms in total. The van der Waals surface area contributed by atoms with E-state index < -0.39 is 18.0 Å². The predicted octanol–water partition coefficient (Wildman–Crippen LogP) is -0.892. The lowest BCUT2D eigenvalue weighted by Gasteiger charge is -2.31. The van der Waals surface area contributed by atoms with Crippen LogP contribution >= 0.6 is 0 Å². The average molecular weight is 189 g/mol. The van der Waals surface area contributed by atoms with Gasteiger partial charge in [-0.2, -0.15) is 0 Å². The number of carbonyl (C=O) groups is 1. The Hall–Kier alpha value is -0.650. The number of carboxylic acids is 1. The quantitative estimate of drug-likeness (QED) is 0.576. The van der Waals surface area contributed by atoms with Gasteiger partial charge in [-0.25, -0.2) is 0 Å². The SMILES string of the molecule is COC1CC(C)C(OC)(C(=O)[O-])O1. The van der Waals surface area contributed by atoms with Crippen molar-refractivity contribution in [2.75, 3.05) is 14.2 Å². The van der Waals surface area contributed by atoms with Crippen LogP contribution < -0.4 is 5.11 Å². The van der Waals surface area contributed by atoms with Crippen molar-refractivity contribution < 1.29 is 24.1 Å². The van der Waals surface area contributed by atoms with Crippen LogP contribution in [0.4, 0.5) is 0 Å². The number of carboxylic acid groups (broad SMARTS) is 1. The second-order valence-electron chi connectivity index (χ2n) is 3.08. The monoisotopic (exact) mass is 189 g/mol. The van der Waals surface area contributed by atoms with E-state index in [4.69, 9.17) is 14.2 Å². The molecule has 3 unspecified atom stereocenters. The zero-order valence-electron chi connectivity index (χ0n) is 7.90. The number of rotatable bonds is 3. The molecule has 1 heterocycles. The summed E-state index contributed by atoms with van der Waals surface area (Å²) >= 11 is 0. The molecule has 0 aliphatic carbocycles. The Balaban J connectivity index is 2.82. The summed E-state index contributed by atoms with van der Waals surface area (Å²) in [5, 5.41) is 10.8. The van der Waals surface area contributed by atoms with Gasteiger partial charge in [0.1, 0.15) is 5.97 Å². The molecule has 1 rings (SSSR count). The van der Waals surface area contributed by atoms with Crippen LogP contribution in [0.1, 0.15) is 13.3 Å². The van der Waals surface area contributed by atoms with Crippen LogP contribution in [0.3, 0.4) is 0 Å². The number of carbonyl (C=O) groups excluding carboxylic acids is 1. The maximum Gasteiger partial charge on any atom is 0.214 e. The van der Waals surface area contributed by atoms with Gasteiger partial charge in [0.25, 0.3) is 0 Å². The van der Waals surface area contributed by atoms with E-state index in [2.05, 4.69) is 0 Å². The van der Waals surface area contributed by atoms with Crippen molar-refractivity contribution in [2.24, 2.45) is 5.92 Å². The molecule has 1 aliphatic heterocycles. The first-order valence-electron chi connectivity index (χ1n) is 4.04. The summed E-state index contributed by atoms with van der Waals surface area (Å²) in [7, 11) is 2.74. The predicted molar refractivity (Wildman–Crippen MR) is 40.4 cm³/mol. The molecule has 0 spiro atoms. The van der Waals surface area contributed by atoms with E-state index in [9.17, 15) is 9.90 Å². The van der Waals surface area contributed by atoms with Gasteiger partial charge in [-0.15, -0.1) is 0 Å². The first-order valence-corrected chi connectivity index (χ1v) is 4.04. The van der Waals surface area contributed by atoms with Crippen molar-refractivity contribution in [1.29, 1.82) is 0 Å². The molecule has 0 radical (unpaired) electrons. The first kappa shape index (κ1) is 10.4. The van der Waals surface area contributed by atoms with Gasteiger partial charge in [0.05, 0.1) is 0 Å². The zero-order chi connectivity index (χ0) is 10.1. The van der Waals surface area contributed by atoms with Gasteiger partial charge in [-0.1, -0.05) is 6.92 Å². The van der Waals surface area contributed by atoms with Gasteiger partial charge in [0.2, 0.25) is 5.79 Å². The van der Waals surface area contributed by atoms with Crippen molar-refractivity contribution in [1.82, 2.24) is 0 Å². The second-order valence-corrected chi connectivity index (χ2v) is 3.08. The van der Waals surface area contributed by atoms with Crippen molar-refractivity contribution in [3.63, 3.8) is 0 Å². The summed E-state index contributed by atoms with van der Waals surface area (Å²) in [5.41, 5.74) is 0. The van der Waals surface area contributed by atoms with Crippen molar-refractivity contribution >= 4 is 5.97 Å². The maximum absolute atomic E-state index is 10.8. The number of ether oxygens (including phenoxy) is 3. The second kappa shape index (κ2) is 3.61. The summed E-state index contributed by atoms with van der Waals surface area (Å²) in [5.74, 6) is -3.30. The third kappa shape index (κ3) is 1.54. The standard InChI is InChI=1S/C8H14O5/c1-5-4-6(11-2)13-8(5,12-3)7(9)10/h5-6H,4H2,1-3H3,(H,9,10)/p-1. The maximum atomic E-state index is 10.8. The van der Waals surface area contributed by atoms with E-state index in [0.29, 0.717) is 6.42 Å². The van der Waals surface area contributed by atoms with Crippen LogP contribution in [-0.4, -0.2) is 32.3 Å². The highest BCUT2D eigenvalue weighted by Crippen LogP contribution is 2.36. The van der Waals surface area contributed by atoms with E-state index in [1.54, 1.807) is 6.92 Å². The lowest BCUT2D eigenvalue weighted by atomic mass is 10.0. The van der Waals surface area contributed by atoms with Crippen LogP contribution in [0.5, 0.6) is 0 Å². The molecular formula is C8H13O5-. The van der Waals surface area contributed by atoms with E-state index in [1.165, 1.54) is 14.2 Å². The molecule has 0 bridgehead atoms. The minimum Gasteiger partial charge on any atom is -0.544 e. The van der Waals surface area contributed by atoms with Crippen molar-refractivity contribution in [3.05, 3.63) is 0 Å². The summed E-state index contributed by atoms with van der Waals surface area (Å²) in [6.45, 7) is 1.72. The topological polar surface area (TPSA) is 67.8 Å². The normalized spacial score (nSPS) is 39.3. The van der Waals surface area contributed by atoms with E-state index in [1.807, 2.05) is 0 Å². The molecule has 3 atom stereocenters. The fraction of sp³-hybridized carbons (Fsp3) is 0.875. The van der Waals surface area contributed by atoms with Crippen LogP contribution in [0, 0.1) is 5.92 Å². The molecular weight excluding hydrogens is 176 g/mol. The highest BCUT2D eigenvalue weighted by atomic mass is 16.8. The lowest BCUT2D eigenvalue weighted by molar-refractivity contribution is -0.364. The molecule has 1 fully saturated rings. The Morgan fingerprint density at radius 3 is 2.46 bits per heavy atom. The fourth-order valence-electron chi connectivity index (χ4n) is 1.53. The molecule has 0 aromatic heterocycles. The number of hydrogen-bond donors (Lipinski definition) is 0. The molecule has 1 aliphatic rings. The average Bonchev–Trinajstić information content (AvgIpc) is 2.43. The van der Waals surface area contributed by atoms with Crippen molar-refractivity contribution in [2.45, 2.75) is 25.4 Å². The largest absolute Gasteiger partial charge is 0.544 e. The third-order valence-corrected chi connectivity index (χ3v) is 2.35. The van der Waals surface area contributed by atoms with Crippen LogP contribution in [-0.2, 0) is 19.0 Å². The molecule has 0 N–H and O–H groups in total. The first-order chi connectivity index (χ1) is 6.06. The van der Waals surface area contributed by atoms with Crippen molar-refractivity contribution in [3.8, 4) is 0 Å². The Morgan fingerprint density at radius 2 is 2.23 bits per heavy atom. The lowest BCUT2D eigenvalue weighted by Crippen LogP contribution is -2.53. The smallest absolute Gasteiger partial charge is 0.214 e. The summed E-state index contributed by atoms with van der Waals surface area (Å²) < 4.78 is 14.9. The van der Waals surface area contributed by atoms with Gasteiger partial charge in [-0.3, -0.25) is 0 Å². The number of hydrogen-bond acceptors (Lipinski definition) is 5. The molecule has 5 heteroatoms. The number of aliphatic carboxylic acids is 1. The zero-order valence-corrected chi connectivity index (χ0v) is 7.90. The molecule has 76 valence electrons. The van der Waals surface area contributed by atoms with Gasteiger partial charge in [-0.05, 0) is 0 Å². The molecule has 13 heavy (non-hydrogen) atoms. The molecule has 0 amide bonds. The Kier molecular flexibility index (Phi) is 2.90. The minimum atomic E-state index is -1.65. The van der Waals surface area contributed by atoms with Crippen LogP contribution in [0.2, 0.25) is 0 Å². The molecule has 0 saturated carbocycles. The minimum absolute atomic E-state index is 0.285. The summed E-state index contributed by atoms with van der Waals surface area (Å²) in [4.78, 5) is 10.8. The van der Waals surface area contributed by atoms with Gasteiger partial charge >= 0.3 is 0 Å². The molecule has 0 aromatic carbocycles. The third-order valence-electron chi connectivity index (χ3n) is 2.35. The summed E-state index contributed by atoms with van der Waals surface area (Å²) in [6, 6.07) is 0. The van der Waals surface area contributed by atoms with E-state index in [0.717, 1.165) is 0 Å². The Bertz CT molecular complexity index is 205.